The van der Waals surface area contributed by atoms with E-state index in [0.29, 0.717) is 6.54 Å². The van der Waals surface area contributed by atoms with Crippen molar-refractivity contribution in [1.82, 2.24) is 15.5 Å². The van der Waals surface area contributed by atoms with Crippen molar-refractivity contribution < 1.29 is 9.53 Å². The van der Waals surface area contributed by atoms with Crippen molar-refractivity contribution >= 4 is 6.03 Å². The number of nitrogens with zero attached hydrogens (tertiary/aromatic N) is 1. The minimum absolute atomic E-state index is 0.0636. The number of urea groups is 1. The second kappa shape index (κ2) is 6.67. The number of hydrogen-bond donors (Lipinski definition) is 2. The highest BCUT2D eigenvalue weighted by atomic mass is 16.5. The lowest BCUT2D eigenvalue weighted by molar-refractivity contribution is 0.0387. The summed E-state index contributed by atoms with van der Waals surface area (Å²) in [6.07, 6.45) is 2.04. The average molecular weight is 303 g/mol. The van der Waals surface area contributed by atoms with Crippen molar-refractivity contribution in [1.29, 1.82) is 0 Å². The largest absolute Gasteiger partial charge is 0.379 e. The van der Waals surface area contributed by atoms with Crippen LogP contribution in [0.25, 0.3) is 0 Å². The molecule has 0 aromatic heterocycles. The zero-order chi connectivity index (χ0) is 15.4. The Morgan fingerprint density at radius 3 is 2.55 bits per heavy atom. The van der Waals surface area contributed by atoms with Crippen LogP contribution in [0.1, 0.15) is 24.0 Å². The zero-order valence-electron chi connectivity index (χ0n) is 13.2. The predicted molar refractivity (Wildman–Crippen MR) is 85.9 cm³/mol. The third kappa shape index (κ3) is 3.78. The lowest BCUT2D eigenvalue weighted by Gasteiger charge is -2.26. The van der Waals surface area contributed by atoms with E-state index in [1.165, 1.54) is 11.1 Å². The standard InChI is InChI=1S/C17H25N3O2/c1-14-2-4-15(5-3-14)17(6-7-17)19-16(21)18-8-9-20-10-12-22-13-11-20/h2-5H,6-13H2,1H3,(H2,18,19,21). The summed E-state index contributed by atoms with van der Waals surface area (Å²) in [7, 11) is 0. The van der Waals surface area contributed by atoms with Gasteiger partial charge in [0.25, 0.3) is 0 Å². The van der Waals surface area contributed by atoms with Gasteiger partial charge >= 0.3 is 6.03 Å². The van der Waals surface area contributed by atoms with Crippen LogP contribution in [0.4, 0.5) is 4.79 Å². The van der Waals surface area contributed by atoms with Crippen molar-refractivity contribution in [3.63, 3.8) is 0 Å². The van der Waals surface area contributed by atoms with Crippen LogP contribution in [0.5, 0.6) is 0 Å². The lowest BCUT2D eigenvalue weighted by atomic mass is 10.0. The maximum atomic E-state index is 12.1. The van der Waals surface area contributed by atoms with Crippen LogP contribution >= 0.6 is 0 Å². The van der Waals surface area contributed by atoms with E-state index < -0.39 is 0 Å². The fourth-order valence-corrected chi connectivity index (χ4v) is 2.90. The molecular weight excluding hydrogens is 278 g/mol. The third-order valence-corrected chi connectivity index (χ3v) is 4.52. The Bertz CT molecular complexity index is 505. The molecule has 0 unspecified atom stereocenters. The predicted octanol–water partition coefficient (Wildman–Crippen LogP) is 1.62. The molecule has 1 heterocycles. The first-order valence-corrected chi connectivity index (χ1v) is 8.11. The second-order valence-electron chi connectivity index (χ2n) is 6.28. The van der Waals surface area contributed by atoms with Crippen LogP contribution in [0, 0.1) is 6.92 Å². The first kappa shape index (κ1) is 15.3. The molecule has 2 fully saturated rings. The van der Waals surface area contributed by atoms with E-state index in [-0.39, 0.29) is 11.6 Å². The first-order chi connectivity index (χ1) is 10.7. The van der Waals surface area contributed by atoms with Gasteiger partial charge in [0.2, 0.25) is 0 Å². The van der Waals surface area contributed by atoms with Crippen LogP contribution in [0.3, 0.4) is 0 Å². The minimum Gasteiger partial charge on any atom is -0.379 e. The highest BCUT2D eigenvalue weighted by Gasteiger charge is 2.45. The maximum absolute atomic E-state index is 12.1. The average Bonchev–Trinajstić information content (AvgIpc) is 3.29. The van der Waals surface area contributed by atoms with Crippen molar-refractivity contribution in [2.75, 3.05) is 39.4 Å². The van der Waals surface area contributed by atoms with Gasteiger partial charge in [0.15, 0.2) is 0 Å². The Kier molecular flexibility index (Phi) is 4.64. The molecule has 5 heteroatoms. The van der Waals surface area contributed by atoms with Crippen LogP contribution in [0.15, 0.2) is 24.3 Å². The molecule has 1 aliphatic heterocycles. The van der Waals surface area contributed by atoms with E-state index >= 15 is 0 Å². The van der Waals surface area contributed by atoms with Crippen molar-refractivity contribution in [2.45, 2.75) is 25.3 Å². The van der Waals surface area contributed by atoms with Gasteiger partial charge in [0.1, 0.15) is 0 Å². The number of amides is 2. The van der Waals surface area contributed by atoms with Gasteiger partial charge in [0.05, 0.1) is 18.8 Å². The van der Waals surface area contributed by atoms with Crippen LogP contribution in [-0.2, 0) is 10.3 Å². The Morgan fingerprint density at radius 1 is 1.23 bits per heavy atom. The molecule has 1 aromatic carbocycles. The number of carbonyl (C=O) groups excluding carboxylic acids is 1. The SMILES string of the molecule is Cc1ccc(C2(NC(=O)NCCN3CCOCC3)CC2)cc1. The van der Waals surface area contributed by atoms with E-state index in [4.69, 9.17) is 4.74 Å². The highest BCUT2D eigenvalue weighted by molar-refractivity contribution is 5.75. The molecule has 0 radical (unpaired) electrons. The van der Waals surface area contributed by atoms with E-state index in [1.807, 2.05) is 0 Å². The van der Waals surface area contributed by atoms with Crippen molar-refractivity contribution in [3.05, 3.63) is 35.4 Å². The number of rotatable bonds is 5. The number of hydrogen-bond acceptors (Lipinski definition) is 3. The van der Waals surface area contributed by atoms with Gasteiger partial charge in [-0.15, -0.1) is 0 Å². The summed E-state index contributed by atoms with van der Waals surface area (Å²) >= 11 is 0. The molecule has 2 N–H and O–H groups in total. The summed E-state index contributed by atoms with van der Waals surface area (Å²) in [6, 6.07) is 8.39. The van der Waals surface area contributed by atoms with E-state index in [1.54, 1.807) is 0 Å². The summed E-state index contributed by atoms with van der Waals surface area (Å²) in [5.41, 5.74) is 2.31. The van der Waals surface area contributed by atoms with Gasteiger partial charge in [-0.1, -0.05) is 29.8 Å². The highest BCUT2D eigenvalue weighted by Crippen LogP contribution is 2.45. The fourth-order valence-electron chi connectivity index (χ4n) is 2.90. The number of ether oxygens (including phenoxy) is 1. The molecule has 2 aliphatic rings. The molecule has 0 atom stereocenters. The second-order valence-corrected chi connectivity index (χ2v) is 6.28. The molecule has 3 rings (SSSR count). The molecule has 5 nitrogen and oxygen atoms in total. The van der Waals surface area contributed by atoms with Crippen LogP contribution < -0.4 is 10.6 Å². The van der Waals surface area contributed by atoms with Gasteiger partial charge < -0.3 is 15.4 Å². The zero-order valence-corrected chi connectivity index (χ0v) is 13.2. The van der Waals surface area contributed by atoms with E-state index in [2.05, 4.69) is 46.7 Å². The molecule has 1 aliphatic carbocycles. The minimum atomic E-state index is -0.142. The molecule has 120 valence electrons. The molecule has 1 saturated carbocycles. The van der Waals surface area contributed by atoms with Crippen molar-refractivity contribution in [3.8, 4) is 0 Å². The lowest BCUT2D eigenvalue weighted by Crippen LogP contribution is -2.46. The molecule has 0 bridgehead atoms. The smallest absolute Gasteiger partial charge is 0.315 e. The van der Waals surface area contributed by atoms with Crippen LogP contribution in [0.2, 0.25) is 0 Å². The summed E-state index contributed by atoms with van der Waals surface area (Å²) in [5.74, 6) is 0. The van der Waals surface area contributed by atoms with E-state index in [9.17, 15) is 4.79 Å². The molecule has 0 spiro atoms. The van der Waals surface area contributed by atoms with Gasteiger partial charge in [0, 0.05) is 26.2 Å². The van der Waals surface area contributed by atoms with Gasteiger partial charge in [-0.05, 0) is 25.3 Å². The number of aryl methyl sites for hydroxylation is 1. The van der Waals surface area contributed by atoms with Gasteiger partial charge in [-0.2, -0.15) is 0 Å². The Labute approximate surface area is 132 Å². The quantitative estimate of drug-likeness (QED) is 0.869. The Hall–Kier alpha value is -1.59. The van der Waals surface area contributed by atoms with Crippen LogP contribution in [-0.4, -0.2) is 50.3 Å². The van der Waals surface area contributed by atoms with Gasteiger partial charge in [-0.3, -0.25) is 4.90 Å². The van der Waals surface area contributed by atoms with E-state index in [0.717, 1.165) is 45.7 Å². The summed E-state index contributed by atoms with van der Waals surface area (Å²) in [4.78, 5) is 14.4. The normalized spacial score (nSPS) is 20.4. The third-order valence-electron chi connectivity index (χ3n) is 4.52. The Balaban J connectivity index is 1.44. The Morgan fingerprint density at radius 2 is 1.91 bits per heavy atom. The monoisotopic (exact) mass is 303 g/mol. The molecule has 2 amide bonds. The summed E-state index contributed by atoms with van der Waals surface area (Å²) < 4.78 is 5.32. The van der Waals surface area contributed by atoms with Gasteiger partial charge in [-0.25, -0.2) is 4.79 Å². The molecule has 1 saturated heterocycles. The number of carbonyl (C=O) groups is 1. The molecule has 22 heavy (non-hydrogen) atoms. The number of morpholine rings is 1. The summed E-state index contributed by atoms with van der Waals surface area (Å²) in [5, 5.41) is 6.12. The van der Waals surface area contributed by atoms with Crippen molar-refractivity contribution in [2.24, 2.45) is 0 Å². The molecule has 1 aromatic rings. The number of benzene rings is 1. The topological polar surface area (TPSA) is 53.6 Å². The first-order valence-electron chi connectivity index (χ1n) is 8.11. The maximum Gasteiger partial charge on any atom is 0.315 e. The fraction of sp³-hybridized carbons (Fsp3) is 0.588. The summed E-state index contributed by atoms with van der Waals surface area (Å²) in [6.45, 7) is 7.14. The molecular formula is C17H25N3O2. The number of nitrogens with one attached hydrogen (secondary N) is 2.